The van der Waals surface area contributed by atoms with E-state index in [2.05, 4.69) is 34.4 Å². The fourth-order valence-corrected chi connectivity index (χ4v) is 2.45. The van der Waals surface area contributed by atoms with Gasteiger partial charge in [-0.2, -0.15) is 0 Å². The fraction of sp³-hybridized carbons (Fsp3) is 0.933. The largest absolute Gasteiger partial charge is 0.380 e. The van der Waals surface area contributed by atoms with Crippen LogP contribution in [0, 0.1) is 5.92 Å². The summed E-state index contributed by atoms with van der Waals surface area (Å²) in [5.41, 5.74) is 0. The van der Waals surface area contributed by atoms with Gasteiger partial charge < -0.3 is 15.4 Å². The van der Waals surface area contributed by atoms with Crippen LogP contribution in [-0.2, 0) is 4.74 Å². The van der Waals surface area contributed by atoms with Gasteiger partial charge in [0.1, 0.15) is 0 Å². The van der Waals surface area contributed by atoms with Crippen LogP contribution in [-0.4, -0.2) is 63.3 Å². The summed E-state index contributed by atoms with van der Waals surface area (Å²) in [6.07, 6.45) is 2.65. The van der Waals surface area contributed by atoms with Crippen molar-refractivity contribution in [2.75, 3.05) is 46.4 Å². The van der Waals surface area contributed by atoms with Gasteiger partial charge in [0, 0.05) is 32.8 Å². The van der Waals surface area contributed by atoms with Crippen molar-refractivity contribution in [3.63, 3.8) is 0 Å². The summed E-state index contributed by atoms with van der Waals surface area (Å²) in [6, 6.07) is 0.549. The first-order chi connectivity index (χ1) is 9.67. The van der Waals surface area contributed by atoms with Crippen LogP contribution in [0.4, 0.5) is 0 Å². The van der Waals surface area contributed by atoms with Gasteiger partial charge in [-0.3, -0.25) is 9.89 Å². The van der Waals surface area contributed by atoms with E-state index in [1.54, 1.807) is 0 Å². The summed E-state index contributed by atoms with van der Waals surface area (Å²) in [6.45, 7) is 12.3. The second kappa shape index (κ2) is 12.5. The zero-order chi connectivity index (χ0) is 14.8. The molecule has 1 unspecified atom stereocenters. The quantitative estimate of drug-likeness (QED) is 0.290. The Labute approximate surface area is 147 Å². The lowest BCUT2D eigenvalue weighted by Crippen LogP contribution is -2.48. The van der Waals surface area contributed by atoms with E-state index < -0.39 is 0 Å². The first-order valence-corrected chi connectivity index (χ1v) is 7.93. The molecule has 1 aliphatic rings. The zero-order valence-electron chi connectivity index (χ0n) is 14.0. The molecule has 0 amide bonds. The number of hydrogen-bond acceptors (Lipinski definition) is 3. The third-order valence-electron chi connectivity index (χ3n) is 3.97. The van der Waals surface area contributed by atoms with Crippen LogP contribution in [0.2, 0.25) is 0 Å². The maximum Gasteiger partial charge on any atom is 0.191 e. The molecule has 5 nitrogen and oxygen atoms in total. The normalized spacial score (nSPS) is 19.0. The van der Waals surface area contributed by atoms with Crippen LogP contribution in [0.15, 0.2) is 4.99 Å². The molecule has 0 saturated carbocycles. The predicted octanol–water partition coefficient (Wildman–Crippen LogP) is 1.93. The molecule has 0 bridgehead atoms. The van der Waals surface area contributed by atoms with E-state index >= 15 is 0 Å². The van der Waals surface area contributed by atoms with Gasteiger partial charge in [-0.05, 0) is 45.7 Å². The maximum atomic E-state index is 5.31. The number of halogens is 1. The predicted molar refractivity (Wildman–Crippen MR) is 101 cm³/mol. The molecule has 0 spiro atoms. The Morgan fingerprint density at radius 1 is 1.33 bits per heavy atom. The molecule has 1 aliphatic heterocycles. The average Bonchev–Trinajstić information content (AvgIpc) is 2.47. The van der Waals surface area contributed by atoms with Crippen molar-refractivity contribution in [1.82, 2.24) is 15.5 Å². The van der Waals surface area contributed by atoms with Crippen molar-refractivity contribution < 1.29 is 4.74 Å². The number of rotatable bonds is 7. The second-order valence-corrected chi connectivity index (χ2v) is 5.64. The molecule has 0 aromatic carbocycles. The summed E-state index contributed by atoms with van der Waals surface area (Å²) >= 11 is 0. The molecule has 1 rings (SSSR count). The van der Waals surface area contributed by atoms with Crippen molar-refractivity contribution in [1.29, 1.82) is 0 Å². The second-order valence-electron chi connectivity index (χ2n) is 5.64. The SMILES string of the molecule is CCOCCNC(=NC)NCC(C)N1CCC(C)CC1.I. The van der Waals surface area contributed by atoms with Gasteiger partial charge in [0.25, 0.3) is 0 Å². The highest BCUT2D eigenvalue weighted by atomic mass is 127. The monoisotopic (exact) mass is 412 g/mol. The Morgan fingerprint density at radius 2 is 2.00 bits per heavy atom. The van der Waals surface area contributed by atoms with E-state index in [4.69, 9.17) is 4.74 Å². The van der Waals surface area contributed by atoms with Crippen molar-refractivity contribution >= 4 is 29.9 Å². The molecule has 1 atom stereocenters. The fourth-order valence-electron chi connectivity index (χ4n) is 2.45. The topological polar surface area (TPSA) is 48.9 Å². The zero-order valence-corrected chi connectivity index (χ0v) is 16.4. The van der Waals surface area contributed by atoms with Crippen molar-refractivity contribution in [3.8, 4) is 0 Å². The minimum Gasteiger partial charge on any atom is -0.380 e. The van der Waals surface area contributed by atoms with Crippen LogP contribution in [0.25, 0.3) is 0 Å². The Morgan fingerprint density at radius 3 is 2.57 bits per heavy atom. The summed E-state index contributed by atoms with van der Waals surface area (Å²) in [5, 5.41) is 6.66. The van der Waals surface area contributed by atoms with E-state index in [9.17, 15) is 0 Å². The molecule has 0 radical (unpaired) electrons. The van der Waals surface area contributed by atoms with Gasteiger partial charge in [0.2, 0.25) is 0 Å². The lowest BCUT2D eigenvalue weighted by Gasteiger charge is -2.35. The number of ether oxygens (including phenoxy) is 1. The third-order valence-corrected chi connectivity index (χ3v) is 3.97. The summed E-state index contributed by atoms with van der Waals surface area (Å²) in [5.74, 6) is 1.75. The highest BCUT2D eigenvalue weighted by molar-refractivity contribution is 14.0. The molecule has 0 aromatic heterocycles. The highest BCUT2D eigenvalue weighted by Crippen LogP contribution is 2.17. The Bertz CT molecular complexity index is 281. The van der Waals surface area contributed by atoms with E-state index in [0.29, 0.717) is 6.04 Å². The Balaban J connectivity index is 0.00000400. The molecular weight excluding hydrogens is 379 g/mol. The van der Waals surface area contributed by atoms with Crippen molar-refractivity contribution in [3.05, 3.63) is 0 Å². The summed E-state index contributed by atoms with van der Waals surface area (Å²) in [7, 11) is 1.81. The molecule has 0 aliphatic carbocycles. The van der Waals surface area contributed by atoms with Crippen molar-refractivity contribution in [2.45, 2.75) is 39.7 Å². The number of aliphatic imine (C=N–C) groups is 1. The van der Waals surface area contributed by atoms with Gasteiger partial charge in [-0.15, -0.1) is 24.0 Å². The average molecular weight is 412 g/mol. The number of likely N-dealkylation sites (tertiary alicyclic amines) is 1. The summed E-state index contributed by atoms with van der Waals surface area (Å²) in [4.78, 5) is 6.81. The van der Waals surface area contributed by atoms with Crippen LogP contribution < -0.4 is 10.6 Å². The molecule has 0 aromatic rings. The first-order valence-electron chi connectivity index (χ1n) is 7.93. The lowest BCUT2D eigenvalue weighted by molar-refractivity contribution is 0.147. The van der Waals surface area contributed by atoms with Crippen LogP contribution in [0.5, 0.6) is 0 Å². The van der Waals surface area contributed by atoms with Gasteiger partial charge in [-0.1, -0.05) is 6.92 Å². The number of guanidine groups is 1. The Hall–Kier alpha value is -0.0800. The molecule has 126 valence electrons. The van der Waals surface area contributed by atoms with Gasteiger partial charge in [0.15, 0.2) is 5.96 Å². The first kappa shape index (κ1) is 20.9. The van der Waals surface area contributed by atoms with Crippen LogP contribution >= 0.6 is 24.0 Å². The number of piperidine rings is 1. The minimum absolute atomic E-state index is 0. The standard InChI is InChI=1S/C15H32N4O.HI/c1-5-20-11-8-17-15(16-4)18-12-14(3)19-9-6-13(2)7-10-19;/h13-14H,5-12H2,1-4H3,(H2,16,17,18);1H. The lowest BCUT2D eigenvalue weighted by atomic mass is 9.98. The van der Waals surface area contributed by atoms with Crippen molar-refractivity contribution in [2.24, 2.45) is 10.9 Å². The van der Waals surface area contributed by atoms with E-state index in [-0.39, 0.29) is 24.0 Å². The molecule has 21 heavy (non-hydrogen) atoms. The number of hydrogen-bond donors (Lipinski definition) is 2. The van der Waals surface area contributed by atoms with Gasteiger partial charge in [-0.25, -0.2) is 0 Å². The van der Waals surface area contributed by atoms with Crippen LogP contribution in [0.1, 0.15) is 33.6 Å². The minimum atomic E-state index is 0. The number of nitrogens with zero attached hydrogens (tertiary/aromatic N) is 2. The molecule has 1 fully saturated rings. The Kier molecular flexibility index (Phi) is 12.4. The third kappa shape index (κ3) is 8.83. The van der Waals surface area contributed by atoms with E-state index in [1.165, 1.54) is 25.9 Å². The maximum absolute atomic E-state index is 5.31. The van der Waals surface area contributed by atoms with E-state index in [1.807, 2.05) is 14.0 Å². The van der Waals surface area contributed by atoms with Crippen LogP contribution in [0.3, 0.4) is 0 Å². The summed E-state index contributed by atoms with van der Waals surface area (Å²) < 4.78 is 5.31. The van der Waals surface area contributed by atoms with E-state index in [0.717, 1.165) is 38.2 Å². The molecule has 6 heteroatoms. The number of nitrogens with one attached hydrogen (secondary N) is 2. The molecule has 1 saturated heterocycles. The molecule has 1 heterocycles. The molecule has 2 N–H and O–H groups in total. The van der Waals surface area contributed by atoms with Gasteiger partial charge in [0.05, 0.1) is 6.61 Å². The smallest absolute Gasteiger partial charge is 0.191 e. The highest BCUT2D eigenvalue weighted by Gasteiger charge is 2.20. The van der Waals surface area contributed by atoms with Gasteiger partial charge >= 0.3 is 0 Å². The molecular formula is C15H33IN4O.